The van der Waals surface area contributed by atoms with E-state index in [0.29, 0.717) is 44.9 Å². The van der Waals surface area contributed by atoms with E-state index in [-0.39, 0.29) is 6.09 Å². The predicted molar refractivity (Wildman–Crippen MR) is 123 cm³/mol. The lowest BCUT2D eigenvalue weighted by Gasteiger charge is -2.37. The first-order valence-corrected chi connectivity index (χ1v) is 13.3. The van der Waals surface area contributed by atoms with Crippen LogP contribution in [0.2, 0.25) is 0 Å². The summed E-state index contributed by atoms with van der Waals surface area (Å²) in [5, 5.41) is 1.75. The fraction of sp³-hybridized carbons (Fsp3) is 0.636. The Morgan fingerprint density at radius 2 is 1.81 bits per heavy atom. The first kappa shape index (κ1) is 22.5. The van der Waals surface area contributed by atoms with E-state index in [1.54, 1.807) is 20.5 Å². The molecule has 0 bridgehead atoms. The van der Waals surface area contributed by atoms with E-state index in [1.165, 1.54) is 10.3 Å². The second kappa shape index (κ2) is 8.67. The van der Waals surface area contributed by atoms with Gasteiger partial charge < -0.3 is 9.64 Å². The van der Waals surface area contributed by atoms with Gasteiger partial charge in [0.1, 0.15) is 5.60 Å². The summed E-state index contributed by atoms with van der Waals surface area (Å²) < 4.78 is 34.7. The number of rotatable bonds is 3. The topological polar surface area (TPSA) is 79.8 Å². The fourth-order valence-corrected chi connectivity index (χ4v) is 7.41. The van der Waals surface area contributed by atoms with E-state index >= 15 is 0 Å². The summed E-state index contributed by atoms with van der Waals surface area (Å²) in [6.07, 6.45) is 4.01. The number of amides is 1. The number of thiophene rings is 1. The third kappa shape index (κ3) is 4.88. The SMILES string of the molecule is CC(C)(C)OC(=O)N1CCC(S(=O)(=O)N2CCC(c3csc4cccnc34)CC2)CC1. The zero-order valence-corrected chi connectivity index (χ0v) is 20.0. The number of ether oxygens (including phenoxy) is 1. The van der Waals surface area contributed by atoms with Crippen molar-refractivity contribution in [2.24, 2.45) is 0 Å². The highest BCUT2D eigenvalue weighted by Crippen LogP contribution is 2.37. The molecule has 0 spiro atoms. The van der Waals surface area contributed by atoms with Gasteiger partial charge in [-0.05, 0) is 75.4 Å². The minimum Gasteiger partial charge on any atom is -0.444 e. The zero-order chi connectivity index (χ0) is 22.2. The van der Waals surface area contributed by atoms with E-state index in [2.05, 4.69) is 16.4 Å². The van der Waals surface area contributed by atoms with Crippen LogP contribution in [0.5, 0.6) is 0 Å². The highest BCUT2D eigenvalue weighted by Gasteiger charge is 2.38. The molecule has 4 rings (SSSR count). The molecule has 4 heterocycles. The molecular formula is C22H31N3O4S2. The van der Waals surface area contributed by atoms with E-state index in [0.717, 1.165) is 18.4 Å². The molecule has 0 unspecified atom stereocenters. The smallest absolute Gasteiger partial charge is 0.410 e. The van der Waals surface area contributed by atoms with Crippen molar-refractivity contribution in [2.45, 2.75) is 63.2 Å². The van der Waals surface area contributed by atoms with Crippen molar-refractivity contribution in [3.63, 3.8) is 0 Å². The van der Waals surface area contributed by atoms with Crippen LogP contribution < -0.4 is 0 Å². The average Bonchev–Trinajstić information content (AvgIpc) is 3.17. The molecular weight excluding hydrogens is 434 g/mol. The van der Waals surface area contributed by atoms with E-state index in [4.69, 9.17) is 4.74 Å². The van der Waals surface area contributed by atoms with Gasteiger partial charge in [0.15, 0.2) is 0 Å². The number of likely N-dealkylation sites (tertiary alicyclic amines) is 1. The molecule has 2 saturated heterocycles. The van der Waals surface area contributed by atoms with E-state index in [9.17, 15) is 13.2 Å². The summed E-state index contributed by atoms with van der Waals surface area (Å²) in [7, 11) is -3.36. The predicted octanol–water partition coefficient (Wildman–Crippen LogP) is 4.21. The number of pyridine rings is 1. The van der Waals surface area contributed by atoms with Gasteiger partial charge in [0, 0.05) is 32.4 Å². The number of hydrogen-bond acceptors (Lipinski definition) is 6. The van der Waals surface area contributed by atoms with Gasteiger partial charge in [0.2, 0.25) is 10.0 Å². The monoisotopic (exact) mass is 465 g/mol. The van der Waals surface area contributed by atoms with Crippen LogP contribution in [-0.4, -0.2) is 65.7 Å². The van der Waals surface area contributed by atoms with Crippen molar-refractivity contribution >= 4 is 37.7 Å². The van der Waals surface area contributed by atoms with Crippen LogP contribution in [0.15, 0.2) is 23.7 Å². The zero-order valence-electron chi connectivity index (χ0n) is 18.4. The third-order valence-corrected chi connectivity index (χ3v) is 9.48. The molecule has 1 amide bonds. The summed E-state index contributed by atoms with van der Waals surface area (Å²) in [5.74, 6) is 0.351. The lowest BCUT2D eigenvalue weighted by molar-refractivity contribution is 0.0216. The first-order valence-electron chi connectivity index (χ1n) is 10.9. The molecule has 2 aliphatic heterocycles. The Kier molecular flexibility index (Phi) is 6.29. The molecule has 9 heteroatoms. The lowest BCUT2D eigenvalue weighted by Crippen LogP contribution is -2.49. The Morgan fingerprint density at radius 1 is 1.13 bits per heavy atom. The summed E-state index contributed by atoms with van der Waals surface area (Å²) >= 11 is 1.71. The Morgan fingerprint density at radius 3 is 2.45 bits per heavy atom. The number of hydrogen-bond donors (Lipinski definition) is 0. The summed E-state index contributed by atoms with van der Waals surface area (Å²) in [5.41, 5.74) is 1.76. The van der Waals surface area contributed by atoms with Crippen LogP contribution in [0, 0.1) is 0 Å². The molecule has 31 heavy (non-hydrogen) atoms. The van der Waals surface area contributed by atoms with Gasteiger partial charge in [-0.2, -0.15) is 0 Å². The van der Waals surface area contributed by atoms with E-state index < -0.39 is 20.9 Å². The number of carbonyl (C=O) groups excluding carboxylic acids is 1. The minimum atomic E-state index is -3.36. The van der Waals surface area contributed by atoms with Gasteiger partial charge in [-0.25, -0.2) is 17.5 Å². The first-order chi connectivity index (χ1) is 14.6. The summed E-state index contributed by atoms with van der Waals surface area (Å²) in [6.45, 7) is 7.43. The van der Waals surface area contributed by atoms with E-state index in [1.807, 2.05) is 33.0 Å². The van der Waals surface area contributed by atoms with Crippen molar-refractivity contribution in [1.82, 2.24) is 14.2 Å². The Hall–Kier alpha value is -1.71. The van der Waals surface area contributed by atoms with Gasteiger partial charge >= 0.3 is 6.09 Å². The molecule has 0 aliphatic carbocycles. The molecule has 2 fully saturated rings. The maximum Gasteiger partial charge on any atom is 0.410 e. The number of carbonyl (C=O) groups is 1. The minimum absolute atomic E-state index is 0.351. The standard InChI is InChI=1S/C22H31N3O4S2/c1-22(2,3)29-21(26)24-11-8-17(9-12-24)31(27,28)25-13-6-16(7-14-25)18-15-30-19-5-4-10-23-20(18)19/h4-5,10,15-17H,6-9,11-14H2,1-3H3. The number of nitrogens with zero attached hydrogens (tertiary/aromatic N) is 3. The maximum absolute atomic E-state index is 13.2. The van der Waals surface area contributed by atoms with Crippen molar-refractivity contribution in [3.8, 4) is 0 Å². The van der Waals surface area contributed by atoms with Crippen LogP contribution in [0.4, 0.5) is 4.79 Å². The summed E-state index contributed by atoms with van der Waals surface area (Å²) in [4.78, 5) is 18.4. The molecule has 0 saturated carbocycles. The van der Waals surface area contributed by atoms with Crippen LogP contribution in [0.25, 0.3) is 10.2 Å². The number of piperidine rings is 2. The van der Waals surface area contributed by atoms with Gasteiger partial charge in [-0.1, -0.05) is 0 Å². The van der Waals surface area contributed by atoms with Crippen molar-refractivity contribution in [3.05, 3.63) is 29.3 Å². The fourth-order valence-electron chi connectivity index (χ4n) is 4.47. The molecule has 0 aromatic carbocycles. The quantitative estimate of drug-likeness (QED) is 0.679. The number of aromatic nitrogens is 1. The Bertz CT molecular complexity index is 1030. The normalized spacial score (nSPS) is 20.3. The van der Waals surface area contributed by atoms with Gasteiger partial charge in [-0.15, -0.1) is 11.3 Å². The average molecular weight is 466 g/mol. The Labute approximate surface area is 188 Å². The molecule has 2 aromatic rings. The third-order valence-electron chi connectivity index (χ3n) is 6.13. The van der Waals surface area contributed by atoms with Gasteiger partial charge in [0.25, 0.3) is 0 Å². The van der Waals surface area contributed by atoms with Crippen LogP contribution >= 0.6 is 11.3 Å². The molecule has 0 atom stereocenters. The lowest BCUT2D eigenvalue weighted by atomic mass is 9.91. The Balaban J connectivity index is 1.34. The van der Waals surface area contributed by atoms with Gasteiger partial charge in [-0.3, -0.25) is 4.98 Å². The molecule has 2 aromatic heterocycles. The molecule has 2 aliphatic rings. The second-order valence-electron chi connectivity index (χ2n) is 9.43. The second-order valence-corrected chi connectivity index (χ2v) is 12.6. The van der Waals surface area contributed by atoms with Crippen LogP contribution in [0.3, 0.4) is 0 Å². The molecule has 0 radical (unpaired) electrons. The van der Waals surface area contributed by atoms with Crippen molar-refractivity contribution < 1.29 is 17.9 Å². The van der Waals surface area contributed by atoms with Crippen LogP contribution in [-0.2, 0) is 14.8 Å². The van der Waals surface area contributed by atoms with Gasteiger partial charge in [0.05, 0.1) is 15.5 Å². The maximum atomic E-state index is 13.2. The van der Waals surface area contributed by atoms with Crippen LogP contribution in [0.1, 0.15) is 57.9 Å². The van der Waals surface area contributed by atoms with Crippen molar-refractivity contribution in [1.29, 1.82) is 0 Å². The molecule has 7 nitrogen and oxygen atoms in total. The number of fused-ring (bicyclic) bond motifs is 1. The largest absolute Gasteiger partial charge is 0.444 e. The van der Waals surface area contributed by atoms with Crippen molar-refractivity contribution in [2.75, 3.05) is 26.2 Å². The molecule has 0 N–H and O–H groups in total. The highest BCUT2D eigenvalue weighted by atomic mass is 32.2. The molecule has 170 valence electrons. The number of sulfonamides is 1. The summed E-state index contributed by atoms with van der Waals surface area (Å²) in [6, 6.07) is 4.03. The highest BCUT2D eigenvalue weighted by molar-refractivity contribution is 7.89.